The van der Waals surface area contributed by atoms with E-state index >= 15 is 0 Å². The van der Waals surface area contributed by atoms with Crippen molar-refractivity contribution in [3.05, 3.63) is 35.6 Å². The van der Waals surface area contributed by atoms with Crippen LogP contribution in [0.3, 0.4) is 0 Å². The second-order valence-electron chi connectivity index (χ2n) is 5.91. The highest BCUT2D eigenvalue weighted by Crippen LogP contribution is 2.44. The quantitative estimate of drug-likeness (QED) is 0.795. The van der Waals surface area contributed by atoms with Crippen molar-refractivity contribution >= 4 is 0 Å². The summed E-state index contributed by atoms with van der Waals surface area (Å²) in [6.45, 7) is 5.33. The van der Waals surface area contributed by atoms with Crippen molar-refractivity contribution in [3.63, 3.8) is 0 Å². The number of ether oxygens (including phenoxy) is 1. The van der Waals surface area contributed by atoms with E-state index in [0.717, 1.165) is 6.42 Å². The summed E-state index contributed by atoms with van der Waals surface area (Å²) in [7, 11) is 0. The molecule has 2 atom stereocenters. The van der Waals surface area contributed by atoms with E-state index in [1.807, 2.05) is 0 Å². The molecule has 106 valence electrons. The Hall–Kier alpha value is -0.970. The third-order valence-corrected chi connectivity index (χ3v) is 3.64. The van der Waals surface area contributed by atoms with Gasteiger partial charge in [-0.05, 0) is 17.9 Å². The van der Waals surface area contributed by atoms with Gasteiger partial charge in [-0.25, -0.2) is 4.39 Å². The van der Waals surface area contributed by atoms with E-state index < -0.39 is 6.10 Å². The first-order chi connectivity index (χ1) is 8.99. The molecular formula is C15H22FNO2. The van der Waals surface area contributed by atoms with Crippen LogP contribution < -0.4 is 5.32 Å². The van der Waals surface area contributed by atoms with Gasteiger partial charge in [-0.1, -0.05) is 32.0 Å². The van der Waals surface area contributed by atoms with Gasteiger partial charge in [0, 0.05) is 18.2 Å². The molecule has 3 nitrogen and oxygen atoms in total. The number of nitrogens with one attached hydrogen (secondary N) is 1. The Labute approximate surface area is 113 Å². The van der Waals surface area contributed by atoms with Gasteiger partial charge in [0.2, 0.25) is 0 Å². The summed E-state index contributed by atoms with van der Waals surface area (Å²) in [6.07, 6.45) is 0.596. The number of aliphatic hydroxyl groups excluding tert-OH is 1. The lowest BCUT2D eigenvalue weighted by Crippen LogP contribution is -2.33. The minimum absolute atomic E-state index is 0.193. The first-order valence-corrected chi connectivity index (χ1v) is 6.71. The van der Waals surface area contributed by atoms with Crippen molar-refractivity contribution < 1.29 is 14.2 Å². The monoisotopic (exact) mass is 267 g/mol. The van der Waals surface area contributed by atoms with Gasteiger partial charge in [-0.3, -0.25) is 0 Å². The molecule has 1 aromatic rings. The van der Waals surface area contributed by atoms with Gasteiger partial charge in [-0.2, -0.15) is 0 Å². The largest absolute Gasteiger partial charge is 0.389 e. The van der Waals surface area contributed by atoms with Crippen LogP contribution in [0.5, 0.6) is 0 Å². The fourth-order valence-electron chi connectivity index (χ4n) is 2.07. The van der Waals surface area contributed by atoms with Crippen LogP contribution in [0.4, 0.5) is 4.39 Å². The van der Waals surface area contributed by atoms with Gasteiger partial charge in [-0.15, -0.1) is 0 Å². The summed E-state index contributed by atoms with van der Waals surface area (Å²) in [5.74, 6) is -0.269. The van der Waals surface area contributed by atoms with Crippen LogP contribution in [-0.2, 0) is 11.3 Å². The van der Waals surface area contributed by atoms with E-state index in [1.54, 1.807) is 18.2 Å². The van der Waals surface area contributed by atoms with E-state index in [2.05, 4.69) is 19.2 Å². The Morgan fingerprint density at radius 2 is 2.16 bits per heavy atom. The highest BCUT2D eigenvalue weighted by atomic mass is 19.1. The summed E-state index contributed by atoms with van der Waals surface area (Å²) in [5, 5.41) is 13.1. The Bertz CT molecular complexity index is 422. The third-order valence-electron chi connectivity index (χ3n) is 3.64. The third kappa shape index (κ3) is 4.27. The fourth-order valence-corrected chi connectivity index (χ4v) is 2.07. The molecule has 2 rings (SSSR count). The highest BCUT2D eigenvalue weighted by Gasteiger charge is 2.45. The lowest BCUT2D eigenvalue weighted by atomic mass is 10.2. The number of hydrogen-bond acceptors (Lipinski definition) is 3. The Kier molecular flexibility index (Phi) is 4.55. The van der Waals surface area contributed by atoms with E-state index in [9.17, 15) is 9.50 Å². The molecule has 0 saturated heterocycles. The van der Waals surface area contributed by atoms with Gasteiger partial charge in [0.1, 0.15) is 5.82 Å². The minimum Gasteiger partial charge on any atom is -0.389 e. The molecule has 1 aliphatic rings. The Morgan fingerprint density at radius 1 is 1.47 bits per heavy atom. The molecule has 1 aliphatic carbocycles. The van der Waals surface area contributed by atoms with Gasteiger partial charge < -0.3 is 15.2 Å². The Balaban J connectivity index is 1.62. The summed E-state index contributed by atoms with van der Waals surface area (Å²) >= 11 is 0. The predicted octanol–water partition coefficient (Wildman–Crippen LogP) is 2.09. The number of rotatable bonds is 7. The topological polar surface area (TPSA) is 41.5 Å². The van der Waals surface area contributed by atoms with Crippen molar-refractivity contribution in [3.8, 4) is 0 Å². The van der Waals surface area contributed by atoms with E-state index in [1.165, 1.54) is 6.07 Å². The zero-order valence-corrected chi connectivity index (χ0v) is 11.5. The van der Waals surface area contributed by atoms with Crippen molar-refractivity contribution in [1.82, 2.24) is 5.32 Å². The number of benzene rings is 1. The van der Waals surface area contributed by atoms with Crippen LogP contribution in [-0.4, -0.2) is 30.4 Å². The smallest absolute Gasteiger partial charge is 0.128 e. The minimum atomic E-state index is -0.553. The highest BCUT2D eigenvalue weighted by molar-refractivity contribution is 5.16. The number of aliphatic hydroxyl groups is 1. The second kappa shape index (κ2) is 5.99. The molecule has 0 spiro atoms. The first kappa shape index (κ1) is 14.4. The van der Waals surface area contributed by atoms with Gasteiger partial charge in [0.05, 0.1) is 19.3 Å². The zero-order valence-electron chi connectivity index (χ0n) is 11.5. The summed E-state index contributed by atoms with van der Waals surface area (Å²) in [6, 6.07) is 7.01. The number of hydrogen-bond donors (Lipinski definition) is 2. The van der Waals surface area contributed by atoms with Crippen molar-refractivity contribution in [2.75, 3.05) is 13.2 Å². The van der Waals surface area contributed by atoms with Gasteiger partial charge in [0.15, 0.2) is 0 Å². The van der Waals surface area contributed by atoms with E-state index in [0.29, 0.717) is 23.6 Å². The van der Waals surface area contributed by atoms with Crippen LogP contribution >= 0.6 is 0 Å². The molecule has 0 radical (unpaired) electrons. The molecule has 0 heterocycles. The van der Waals surface area contributed by atoms with Gasteiger partial charge >= 0.3 is 0 Å². The van der Waals surface area contributed by atoms with Crippen LogP contribution in [0.2, 0.25) is 0 Å². The molecular weight excluding hydrogens is 245 g/mol. The van der Waals surface area contributed by atoms with E-state index in [-0.39, 0.29) is 19.0 Å². The van der Waals surface area contributed by atoms with Crippen LogP contribution in [0.1, 0.15) is 25.8 Å². The molecule has 2 unspecified atom stereocenters. The average Bonchev–Trinajstić information content (AvgIpc) is 2.97. The Morgan fingerprint density at radius 3 is 2.79 bits per heavy atom. The maximum Gasteiger partial charge on any atom is 0.128 e. The first-order valence-electron chi connectivity index (χ1n) is 6.71. The van der Waals surface area contributed by atoms with Crippen LogP contribution in [0, 0.1) is 11.2 Å². The molecule has 0 aliphatic heterocycles. The molecule has 0 amide bonds. The molecule has 1 saturated carbocycles. The lowest BCUT2D eigenvalue weighted by Gasteiger charge is -2.13. The average molecular weight is 267 g/mol. The van der Waals surface area contributed by atoms with Crippen molar-refractivity contribution in [2.24, 2.45) is 5.41 Å². The predicted molar refractivity (Wildman–Crippen MR) is 72.3 cm³/mol. The van der Waals surface area contributed by atoms with Crippen molar-refractivity contribution in [1.29, 1.82) is 0 Å². The van der Waals surface area contributed by atoms with E-state index in [4.69, 9.17) is 4.74 Å². The normalized spacial score (nSPS) is 22.2. The fraction of sp³-hybridized carbons (Fsp3) is 0.600. The molecule has 0 aromatic heterocycles. The second-order valence-corrected chi connectivity index (χ2v) is 5.91. The molecule has 1 fully saturated rings. The standard InChI is InChI=1S/C15H22FNO2/c1-15(2)7-14(15)17-8-12(18)10-19-9-11-5-3-4-6-13(11)16/h3-6,12,14,17-18H,7-10H2,1-2H3. The molecule has 1 aromatic carbocycles. The number of halogens is 1. The lowest BCUT2D eigenvalue weighted by molar-refractivity contribution is 0.0274. The van der Waals surface area contributed by atoms with Crippen molar-refractivity contribution in [2.45, 2.75) is 39.0 Å². The molecule has 4 heteroatoms. The summed E-state index contributed by atoms with van der Waals surface area (Å²) in [5.41, 5.74) is 0.874. The molecule has 19 heavy (non-hydrogen) atoms. The maximum absolute atomic E-state index is 13.3. The molecule has 0 bridgehead atoms. The SMILES string of the molecule is CC1(C)CC1NCC(O)COCc1ccccc1F. The molecule has 2 N–H and O–H groups in total. The maximum atomic E-state index is 13.3. The summed E-state index contributed by atoms with van der Waals surface area (Å²) in [4.78, 5) is 0. The van der Waals surface area contributed by atoms with Gasteiger partial charge in [0.25, 0.3) is 0 Å². The van der Waals surface area contributed by atoms with Crippen LogP contribution in [0.15, 0.2) is 24.3 Å². The summed E-state index contributed by atoms with van der Waals surface area (Å²) < 4.78 is 18.6. The van der Waals surface area contributed by atoms with Crippen LogP contribution in [0.25, 0.3) is 0 Å². The zero-order chi connectivity index (χ0) is 13.9.